The Labute approximate surface area is 230 Å². The fraction of sp³-hybridized carbons (Fsp3) is 0.154. The van der Waals surface area contributed by atoms with Crippen LogP contribution >= 0.6 is 0 Å². The molecule has 0 spiro atoms. The number of para-hydroxylation sites is 1. The number of halogens is 3. The predicted octanol–water partition coefficient (Wildman–Crippen LogP) is 3.51. The number of aliphatic hydroxyl groups excluding tert-OH is 2. The van der Waals surface area contributed by atoms with Crippen molar-refractivity contribution in [2.45, 2.75) is 25.8 Å². The lowest BCUT2D eigenvalue weighted by Crippen LogP contribution is -2.45. The van der Waals surface area contributed by atoms with Crippen molar-refractivity contribution >= 4 is 46.1 Å². The largest absolute Gasteiger partial charge is 0.490 e. The van der Waals surface area contributed by atoms with E-state index in [1.54, 1.807) is 54.6 Å². The van der Waals surface area contributed by atoms with Gasteiger partial charge in [0.25, 0.3) is 11.8 Å². The molecule has 1 heterocycles. The Kier molecular flexibility index (Phi) is 10.8. The van der Waals surface area contributed by atoms with E-state index in [-0.39, 0.29) is 13.4 Å². The van der Waals surface area contributed by atoms with Gasteiger partial charge in [0.1, 0.15) is 11.5 Å². The van der Waals surface area contributed by atoms with Gasteiger partial charge in [0.15, 0.2) is 18.2 Å². The number of alkyl halides is 3. The second-order valence-electron chi connectivity index (χ2n) is 7.96. The molecule has 4 rings (SSSR count). The van der Waals surface area contributed by atoms with Gasteiger partial charge in [0, 0.05) is 11.4 Å². The van der Waals surface area contributed by atoms with Crippen LogP contribution in [0, 0.1) is 0 Å². The summed E-state index contributed by atoms with van der Waals surface area (Å²) >= 11 is 0. The van der Waals surface area contributed by atoms with E-state index in [2.05, 4.69) is 20.6 Å². The fourth-order valence-electron chi connectivity index (χ4n) is 3.06. The maximum absolute atomic E-state index is 12.3. The Hall–Kier alpha value is -5.15. The van der Waals surface area contributed by atoms with Crippen molar-refractivity contribution in [3.05, 3.63) is 72.8 Å². The first-order valence-corrected chi connectivity index (χ1v) is 11.2. The van der Waals surface area contributed by atoms with Gasteiger partial charge >= 0.3 is 12.1 Å². The number of carboxylic acid groups (broad SMARTS) is 1. The zero-order valence-corrected chi connectivity index (χ0v) is 20.2. The summed E-state index contributed by atoms with van der Waals surface area (Å²) in [5.74, 6) is -3.21. The summed E-state index contributed by atoms with van der Waals surface area (Å²) in [6, 6.07) is 20.3. The van der Waals surface area contributed by atoms with Crippen LogP contribution in [0.2, 0.25) is 0 Å². The van der Waals surface area contributed by atoms with Crippen LogP contribution in [-0.2, 0) is 14.4 Å². The Morgan fingerprint density at radius 2 is 1.34 bits per heavy atom. The molecule has 1 aromatic heterocycles. The molecular weight excluding hydrogens is 551 g/mol. The number of fused-ring (bicyclic) bond motifs is 1. The summed E-state index contributed by atoms with van der Waals surface area (Å²) in [5, 5.41) is 32.3. The van der Waals surface area contributed by atoms with Gasteiger partial charge in [-0.1, -0.05) is 25.6 Å². The summed E-state index contributed by atoms with van der Waals surface area (Å²) < 4.78 is 37.4. The highest BCUT2D eigenvalue weighted by Gasteiger charge is 2.38. The van der Waals surface area contributed by atoms with Gasteiger partial charge in [-0.15, -0.1) is 0 Å². The molecule has 3 aromatic carbocycles. The zero-order valence-electron chi connectivity index (χ0n) is 20.2. The van der Waals surface area contributed by atoms with Crippen molar-refractivity contribution < 1.29 is 47.6 Å². The summed E-state index contributed by atoms with van der Waals surface area (Å²) in [6.07, 6.45) is -9.06. The number of nitrogen functional groups attached to an aromatic ring is 1. The normalized spacial score (nSPS) is 12.1. The van der Waals surface area contributed by atoms with Gasteiger partial charge in [-0.25, -0.2) is 9.78 Å². The number of aliphatic carboxylic acids is 1. The minimum atomic E-state index is -5.08. The van der Waals surface area contributed by atoms with Gasteiger partial charge in [-0.05, 0) is 54.6 Å². The number of hydrogen-bond donors (Lipinski definition) is 7. The van der Waals surface area contributed by atoms with E-state index < -0.39 is 36.2 Å². The standard InChI is InChI=1S/C23H21N5O5.C2HF3O2.CH4/c24-23-27-17-11-8-14(12-18(17)28-23)26-22(32)20(30)19(29)21(31)25-13-6-9-16(10-7-13)33-15-4-2-1-3-5-15;3-2(4,5)1(6)7;/h1-12,19-20,29-30H,(H,25,31)(H,26,32)(H3,24,27,28);(H,6,7);1H4/t19-,20-;;/m1../s1. The molecule has 0 aliphatic heterocycles. The molecule has 2 amide bonds. The third-order valence-corrected chi connectivity index (χ3v) is 4.95. The Morgan fingerprint density at radius 1 is 0.854 bits per heavy atom. The topological polar surface area (TPSA) is 200 Å². The smallest absolute Gasteiger partial charge is 0.475 e. The number of aromatic amines is 1. The molecule has 0 bridgehead atoms. The van der Waals surface area contributed by atoms with Crippen LogP contribution in [-0.4, -0.2) is 61.5 Å². The van der Waals surface area contributed by atoms with E-state index in [1.807, 2.05) is 18.2 Å². The average Bonchev–Trinajstić information content (AvgIpc) is 3.28. The van der Waals surface area contributed by atoms with Gasteiger partial charge in [-0.3, -0.25) is 9.59 Å². The third kappa shape index (κ3) is 9.22. The van der Waals surface area contributed by atoms with Crippen molar-refractivity contribution in [1.29, 1.82) is 0 Å². The van der Waals surface area contributed by atoms with Crippen LogP contribution in [0.3, 0.4) is 0 Å². The second-order valence-corrected chi connectivity index (χ2v) is 7.96. The van der Waals surface area contributed by atoms with Crippen LogP contribution in [0.5, 0.6) is 11.5 Å². The minimum Gasteiger partial charge on any atom is -0.475 e. The first-order chi connectivity index (χ1) is 18.8. The number of nitrogens with zero attached hydrogens (tertiary/aromatic N) is 1. The summed E-state index contributed by atoms with van der Waals surface area (Å²) in [6.45, 7) is 0. The quantitative estimate of drug-likeness (QED) is 0.172. The van der Waals surface area contributed by atoms with Gasteiger partial charge in [0.2, 0.25) is 0 Å². The van der Waals surface area contributed by atoms with E-state index in [1.165, 1.54) is 0 Å². The van der Waals surface area contributed by atoms with Crippen LogP contribution < -0.4 is 21.1 Å². The molecule has 0 unspecified atom stereocenters. The second kappa shape index (κ2) is 13.8. The lowest BCUT2D eigenvalue weighted by atomic mass is 10.1. The molecule has 15 heteroatoms. The molecule has 0 fully saturated rings. The number of aromatic nitrogens is 2. The highest BCUT2D eigenvalue weighted by atomic mass is 19.4. The zero-order chi connectivity index (χ0) is 29.4. The predicted molar refractivity (Wildman–Crippen MR) is 143 cm³/mol. The molecule has 2 atom stereocenters. The molecule has 12 nitrogen and oxygen atoms in total. The number of carboxylic acids is 1. The number of aliphatic hydroxyl groups is 2. The van der Waals surface area contributed by atoms with E-state index in [0.29, 0.717) is 33.9 Å². The van der Waals surface area contributed by atoms with Crippen molar-refractivity contribution in [2.24, 2.45) is 0 Å². The number of hydrogen-bond acceptors (Lipinski definition) is 8. The number of rotatable bonds is 7. The Morgan fingerprint density at radius 3 is 1.88 bits per heavy atom. The molecular formula is C26H26F3N5O7. The van der Waals surface area contributed by atoms with E-state index >= 15 is 0 Å². The molecule has 0 aliphatic carbocycles. The van der Waals surface area contributed by atoms with Gasteiger partial charge < -0.3 is 41.4 Å². The lowest BCUT2D eigenvalue weighted by Gasteiger charge is -2.17. The van der Waals surface area contributed by atoms with Gasteiger partial charge in [-0.2, -0.15) is 13.2 Å². The number of benzene rings is 3. The Bertz CT molecular complexity index is 1480. The van der Waals surface area contributed by atoms with Crippen LogP contribution in [0.4, 0.5) is 30.5 Å². The number of imidazole rings is 1. The maximum Gasteiger partial charge on any atom is 0.490 e. The number of carbonyl (C=O) groups is 3. The van der Waals surface area contributed by atoms with E-state index in [4.69, 9.17) is 20.4 Å². The van der Waals surface area contributed by atoms with Gasteiger partial charge in [0.05, 0.1) is 11.0 Å². The SMILES string of the molecule is C.Nc1nc2ccc(NC(=O)[C@H](O)[C@@H](O)C(=O)Nc3ccc(Oc4ccccc4)cc3)cc2[nH]1.O=C(O)C(F)(F)F. The van der Waals surface area contributed by atoms with Crippen molar-refractivity contribution in [1.82, 2.24) is 9.97 Å². The molecule has 218 valence electrons. The number of nitrogens with two attached hydrogens (primary N) is 1. The number of nitrogens with one attached hydrogen (secondary N) is 3. The number of anilines is 3. The highest BCUT2D eigenvalue weighted by molar-refractivity contribution is 6.02. The first-order valence-electron chi connectivity index (χ1n) is 11.2. The molecule has 0 aliphatic rings. The third-order valence-electron chi connectivity index (χ3n) is 4.95. The minimum absolute atomic E-state index is 0. The number of H-pyrrole nitrogens is 1. The monoisotopic (exact) mass is 577 g/mol. The summed E-state index contributed by atoms with van der Waals surface area (Å²) in [7, 11) is 0. The van der Waals surface area contributed by atoms with Crippen LogP contribution in [0.15, 0.2) is 72.8 Å². The summed E-state index contributed by atoms with van der Waals surface area (Å²) in [4.78, 5) is 40.4. The molecule has 8 N–H and O–H groups in total. The van der Waals surface area contributed by atoms with E-state index in [0.717, 1.165) is 0 Å². The van der Waals surface area contributed by atoms with Crippen LogP contribution in [0.1, 0.15) is 7.43 Å². The highest BCUT2D eigenvalue weighted by Crippen LogP contribution is 2.23. The average molecular weight is 578 g/mol. The molecule has 4 aromatic rings. The van der Waals surface area contributed by atoms with Crippen molar-refractivity contribution in [3.63, 3.8) is 0 Å². The van der Waals surface area contributed by atoms with Crippen molar-refractivity contribution in [3.8, 4) is 11.5 Å². The number of carbonyl (C=O) groups excluding carboxylic acids is 2. The fourth-order valence-corrected chi connectivity index (χ4v) is 3.06. The first kappa shape index (κ1) is 32.1. The lowest BCUT2D eigenvalue weighted by molar-refractivity contribution is -0.192. The molecule has 0 saturated heterocycles. The molecule has 41 heavy (non-hydrogen) atoms. The van der Waals surface area contributed by atoms with E-state index in [9.17, 15) is 33.0 Å². The Balaban J connectivity index is 0.000000655. The van der Waals surface area contributed by atoms with Crippen molar-refractivity contribution in [2.75, 3.05) is 16.4 Å². The number of amides is 2. The number of ether oxygens (including phenoxy) is 1. The maximum atomic E-state index is 12.3. The molecule has 0 saturated carbocycles. The molecule has 0 radical (unpaired) electrons. The van der Waals surface area contributed by atoms with Crippen LogP contribution in [0.25, 0.3) is 11.0 Å². The summed E-state index contributed by atoms with van der Waals surface area (Å²) in [5.41, 5.74) is 7.46.